The van der Waals surface area contributed by atoms with Crippen molar-refractivity contribution in [2.75, 3.05) is 19.8 Å². The van der Waals surface area contributed by atoms with Gasteiger partial charge in [0.2, 0.25) is 0 Å². The van der Waals surface area contributed by atoms with Crippen molar-refractivity contribution in [3.8, 4) is 11.3 Å². The van der Waals surface area contributed by atoms with Crippen molar-refractivity contribution in [1.82, 2.24) is 15.0 Å². The molecule has 1 aliphatic heterocycles. The summed E-state index contributed by atoms with van der Waals surface area (Å²) in [6.45, 7) is 1.47. The number of aliphatic hydroxyl groups excluding tert-OH is 1. The van der Waals surface area contributed by atoms with Gasteiger partial charge in [-0.2, -0.15) is 0 Å². The maximum atomic E-state index is 13.0. The van der Waals surface area contributed by atoms with Crippen molar-refractivity contribution in [3.63, 3.8) is 0 Å². The molecule has 2 aliphatic rings. The number of amides is 1. The predicted octanol–water partition coefficient (Wildman–Crippen LogP) is 1.74. The first kappa shape index (κ1) is 16.2. The molecule has 1 saturated heterocycles. The van der Waals surface area contributed by atoms with E-state index in [0.29, 0.717) is 25.5 Å². The third kappa shape index (κ3) is 3.17. The fourth-order valence-corrected chi connectivity index (χ4v) is 3.82. The van der Waals surface area contributed by atoms with Crippen LogP contribution in [0.3, 0.4) is 0 Å². The van der Waals surface area contributed by atoms with Crippen molar-refractivity contribution in [1.29, 1.82) is 0 Å². The minimum Gasteiger partial charge on any atom is -0.393 e. The van der Waals surface area contributed by atoms with Gasteiger partial charge in [0.1, 0.15) is 0 Å². The van der Waals surface area contributed by atoms with Gasteiger partial charge in [0.25, 0.3) is 5.91 Å². The Bertz CT molecular complexity index is 733. The number of nitrogens with zero attached hydrogens (tertiary/aromatic N) is 3. The fraction of sp³-hybridized carbons (Fsp3) is 0.500. The van der Waals surface area contributed by atoms with Crippen LogP contribution < -0.4 is 0 Å². The molecule has 1 aliphatic carbocycles. The summed E-state index contributed by atoms with van der Waals surface area (Å²) in [5, 5.41) is 14.2. The number of hydrogen-bond donors (Lipinski definition) is 1. The second-order valence-corrected chi connectivity index (χ2v) is 6.62. The Morgan fingerprint density at radius 1 is 1.28 bits per heavy atom. The molecular formula is C18H21N3O4. The van der Waals surface area contributed by atoms with E-state index >= 15 is 0 Å². The summed E-state index contributed by atoms with van der Waals surface area (Å²) in [6, 6.07) is 5.16. The van der Waals surface area contributed by atoms with Gasteiger partial charge >= 0.3 is 0 Å². The number of hydrogen-bond acceptors (Lipinski definition) is 6. The van der Waals surface area contributed by atoms with E-state index in [2.05, 4.69) is 10.1 Å². The van der Waals surface area contributed by atoms with E-state index < -0.39 is 0 Å². The summed E-state index contributed by atoms with van der Waals surface area (Å²) in [5.41, 5.74) is 1.11. The number of morpholine rings is 1. The number of carbonyl (C=O) groups is 1. The van der Waals surface area contributed by atoms with Crippen molar-refractivity contribution >= 4 is 5.91 Å². The summed E-state index contributed by atoms with van der Waals surface area (Å²) in [6.07, 6.45) is 5.66. The molecule has 0 bridgehead atoms. The zero-order valence-electron chi connectivity index (χ0n) is 13.9. The molecule has 2 aromatic heterocycles. The van der Waals surface area contributed by atoms with E-state index in [1.165, 1.54) is 0 Å². The number of pyridine rings is 1. The van der Waals surface area contributed by atoms with E-state index in [9.17, 15) is 9.90 Å². The highest BCUT2D eigenvalue weighted by atomic mass is 16.5. The lowest BCUT2D eigenvalue weighted by Crippen LogP contribution is -2.53. The van der Waals surface area contributed by atoms with E-state index in [0.717, 1.165) is 24.8 Å². The van der Waals surface area contributed by atoms with Gasteiger partial charge in [0.05, 0.1) is 25.4 Å². The molecule has 1 N–H and O–H groups in total. The van der Waals surface area contributed by atoms with Gasteiger partial charge in [0, 0.05) is 36.5 Å². The Kier molecular flexibility index (Phi) is 4.50. The second kappa shape index (κ2) is 6.93. The zero-order valence-corrected chi connectivity index (χ0v) is 13.9. The maximum Gasteiger partial charge on any atom is 0.276 e. The minimum atomic E-state index is -0.369. The van der Waals surface area contributed by atoms with Gasteiger partial charge in [-0.25, -0.2) is 0 Å². The van der Waals surface area contributed by atoms with E-state index in [1.54, 1.807) is 35.5 Å². The molecule has 3 unspecified atom stereocenters. The lowest BCUT2D eigenvalue weighted by atomic mass is 9.94. The van der Waals surface area contributed by atoms with E-state index in [1.807, 2.05) is 0 Å². The lowest BCUT2D eigenvalue weighted by molar-refractivity contribution is -0.0386. The predicted molar refractivity (Wildman–Crippen MR) is 88.7 cm³/mol. The molecule has 3 atom stereocenters. The standard InChI is InChI=1S/C18H21N3O4/c22-16-3-1-2-13(16)15-11-24-9-8-21(15)18(23)14-10-17(25-20-14)12-4-6-19-7-5-12/h4-7,10,13,15-16,22H,1-3,8-9,11H2. The topological polar surface area (TPSA) is 88.7 Å². The van der Waals surface area contributed by atoms with Crippen LogP contribution in [0.2, 0.25) is 0 Å². The highest BCUT2D eigenvalue weighted by Crippen LogP contribution is 2.33. The van der Waals surface area contributed by atoms with Crippen molar-refractivity contribution in [3.05, 3.63) is 36.3 Å². The van der Waals surface area contributed by atoms with Crippen LogP contribution in [0.15, 0.2) is 35.1 Å². The molecule has 0 aromatic carbocycles. The number of carbonyl (C=O) groups excluding carboxylic acids is 1. The van der Waals surface area contributed by atoms with Crippen LogP contribution in [0, 0.1) is 5.92 Å². The third-order valence-corrected chi connectivity index (χ3v) is 5.15. The quantitative estimate of drug-likeness (QED) is 0.913. The third-order valence-electron chi connectivity index (χ3n) is 5.15. The molecule has 4 rings (SSSR count). The molecule has 2 aromatic rings. The van der Waals surface area contributed by atoms with Crippen LogP contribution in [0.4, 0.5) is 0 Å². The van der Waals surface area contributed by atoms with E-state index in [-0.39, 0.29) is 29.7 Å². The normalized spacial score (nSPS) is 26.8. The Morgan fingerprint density at radius 3 is 2.88 bits per heavy atom. The molecule has 0 spiro atoms. The fourth-order valence-electron chi connectivity index (χ4n) is 3.82. The first-order chi connectivity index (χ1) is 12.2. The molecule has 25 heavy (non-hydrogen) atoms. The highest BCUT2D eigenvalue weighted by molar-refractivity contribution is 5.93. The lowest BCUT2D eigenvalue weighted by Gasteiger charge is -2.39. The summed E-state index contributed by atoms with van der Waals surface area (Å²) in [4.78, 5) is 18.7. The van der Waals surface area contributed by atoms with Crippen LogP contribution in [0.5, 0.6) is 0 Å². The van der Waals surface area contributed by atoms with Crippen LogP contribution >= 0.6 is 0 Å². The van der Waals surface area contributed by atoms with Gasteiger partial charge in [0.15, 0.2) is 11.5 Å². The average molecular weight is 343 g/mol. The summed E-state index contributed by atoms with van der Waals surface area (Å²) in [5.74, 6) is 0.434. The highest BCUT2D eigenvalue weighted by Gasteiger charge is 2.40. The largest absolute Gasteiger partial charge is 0.393 e. The van der Waals surface area contributed by atoms with Gasteiger partial charge in [-0.3, -0.25) is 9.78 Å². The molecule has 7 nitrogen and oxygen atoms in total. The Hall–Kier alpha value is -2.25. The second-order valence-electron chi connectivity index (χ2n) is 6.62. The number of rotatable bonds is 3. The Labute approximate surface area is 145 Å². The molecule has 0 radical (unpaired) electrons. The van der Waals surface area contributed by atoms with E-state index in [4.69, 9.17) is 9.26 Å². The number of aromatic nitrogens is 2. The summed E-state index contributed by atoms with van der Waals surface area (Å²) >= 11 is 0. The molecule has 7 heteroatoms. The first-order valence-corrected chi connectivity index (χ1v) is 8.68. The molecule has 132 valence electrons. The summed E-state index contributed by atoms with van der Waals surface area (Å²) < 4.78 is 10.9. The van der Waals surface area contributed by atoms with Gasteiger partial charge < -0.3 is 19.3 Å². The van der Waals surface area contributed by atoms with Crippen molar-refractivity contribution < 1.29 is 19.2 Å². The van der Waals surface area contributed by atoms with Gasteiger partial charge in [-0.15, -0.1) is 0 Å². The average Bonchev–Trinajstić information content (AvgIpc) is 3.31. The molecular weight excluding hydrogens is 322 g/mol. The smallest absolute Gasteiger partial charge is 0.276 e. The Balaban J connectivity index is 1.55. The number of ether oxygens (including phenoxy) is 1. The molecule has 1 amide bonds. The zero-order chi connectivity index (χ0) is 17.2. The van der Waals surface area contributed by atoms with Crippen molar-refractivity contribution in [2.45, 2.75) is 31.4 Å². The Morgan fingerprint density at radius 2 is 2.12 bits per heavy atom. The van der Waals surface area contributed by atoms with Crippen LogP contribution in [0.1, 0.15) is 29.8 Å². The first-order valence-electron chi connectivity index (χ1n) is 8.68. The SMILES string of the molecule is O=C(c1cc(-c2ccncc2)on1)N1CCOCC1C1CCCC1O. The molecule has 3 heterocycles. The minimum absolute atomic E-state index is 0.0656. The van der Waals surface area contributed by atoms with Crippen molar-refractivity contribution in [2.24, 2.45) is 5.92 Å². The molecule has 2 fully saturated rings. The number of aliphatic hydroxyl groups is 1. The van der Waals surface area contributed by atoms with Crippen LogP contribution in [0.25, 0.3) is 11.3 Å². The van der Waals surface area contributed by atoms with Crippen LogP contribution in [-0.2, 0) is 4.74 Å². The maximum absolute atomic E-state index is 13.0. The van der Waals surface area contributed by atoms with Gasteiger partial charge in [-0.05, 0) is 25.0 Å². The monoisotopic (exact) mass is 343 g/mol. The van der Waals surface area contributed by atoms with Crippen LogP contribution in [-0.4, -0.2) is 58.0 Å². The summed E-state index contributed by atoms with van der Waals surface area (Å²) in [7, 11) is 0. The van der Waals surface area contributed by atoms with Gasteiger partial charge in [-0.1, -0.05) is 11.6 Å². The molecule has 1 saturated carbocycles.